The lowest BCUT2D eigenvalue weighted by Gasteiger charge is -2.20. The number of nitrogens with zero attached hydrogens (tertiary/aromatic N) is 2. The molecular weight excluding hydrogens is 447 g/mol. The van der Waals surface area contributed by atoms with Gasteiger partial charge in [0.15, 0.2) is 28.9 Å². The number of phenolic OH excluding ortho intramolecular Hbond substituents is 1. The van der Waals surface area contributed by atoms with Crippen molar-refractivity contribution in [2.45, 2.75) is 26.7 Å². The van der Waals surface area contributed by atoms with E-state index in [1.165, 1.54) is 10.6 Å². The van der Waals surface area contributed by atoms with Gasteiger partial charge in [0.1, 0.15) is 13.2 Å². The summed E-state index contributed by atoms with van der Waals surface area (Å²) in [4.78, 5) is 18.7. The first-order valence-corrected chi connectivity index (χ1v) is 11.5. The number of ether oxygens (including phenoxy) is 2. The van der Waals surface area contributed by atoms with Crippen molar-refractivity contribution in [2.24, 2.45) is 0 Å². The molecule has 7 heteroatoms. The SMILES string of the molecule is Cc1nc(-c2cccc(F)c2O)n(-c2ccc(C(C)C)cc2)c(=O)c1-c1ccc2c(c1)OCCO2. The average Bonchev–Trinajstić information content (AvgIpc) is 2.85. The van der Waals surface area contributed by atoms with Gasteiger partial charge in [0, 0.05) is 0 Å². The molecule has 0 unspecified atom stereocenters. The smallest absolute Gasteiger partial charge is 0.266 e. The van der Waals surface area contributed by atoms with Crippen LogP contribution >= 0.6 is 0 Å². The molecule has 6 nitrogen and oxygen atoms in total. The maximum atomic E-state index is 14.3. The number of aromatic hydroxyl groups is 1. The molecule has 0 fully saturated rings. The van der Waals surface area contributed by atoms with Crippen LogP contribution in [-0.2, 0) is 0 Å². The van der Waals surface area contributed by atoms with Gasteiger partial charge in [0.25, 0.3) is 5.56 Å². The molecular formula is C28H25FN2O4. The van der Waals surface area contributed by atoms with E-state index in [2.05, 4.69) is 13.8 Å². The zero-order valence-corrected chi connectivity index (χ0v) is 19.7. The van der Waals surface area contributed by atoms with E-state index in [0.717, 1.165) is 11.6 Å². The van der Waals surface area contributed by atoms with Gasteiger partial charge in [-0.2, -0.15) is 0 Å². The molecule has 1 aromatic heterocycles. The lowest BCUT2D eigenvalue weighted by atomic mass is 10.0. The molecule has 0 spiro atoms. The fourth-order valence-electron chi connectivity index (χ4n) is 4.28. The Morgan fingerprint density at radius 2 is 1.71 bits per heavy atom. The summed E-state index contributed by atoms with van der Waals surface area (Å²) in [6.45, 7) is 6.80. The average molecular weight is 473 g/mol. The van der Waals surface area contributed by atoms with Gasteiger partial charge in [-0.15, -0.1) is 0 Å². The van der Waals surface area contributed by atoms with Gasteiger partial charge in [-0.25, -0.2) is 9.37 Å². The highest BCUT2D eigenvalue weighted by Crippen LogP contribution is 2.36. The summed E-state index contributed by atoms with van der Waals surface area (Å²) in [6, 6.07) is 17.1. The molecule has 1 aliphatic heterocycles. The fraction of sp³-hybridized carbons (Fsp3) is 0.214. The Morgan fingerprint density at radius 1 is 1.00 bits per heavy atom. The minimum absolute atomic E-state index is 0.131. The van der Waals surface area contributed by atoms with Crippen molar-refractivity contribution in [3.8, 4) is 45.5 Å². The summed E-state index contributed by atoms with van der Waals surface area (Å²) >= 11 is 0. The minimum Gasteiger partial charge on any atom is -0.504 e. The van der Waals surface area contributed by atoms with E-state index in [4.69, 9.17) is 14.5 Å². The van der Waals surface area contributed by atoms with E-state index in [9.17, 15) is 14.3 Å². The summed E-state index contributed by atoms with van der Waals surface area (Å²) in [5, 5.41) is 10.5. The van der Waals surface area contributed by atoms with E-state index < -0.39 is 11.6 Å². The minimum atomic E-state index is -0.785. The van der Waals surface area contributed by atoms with Gasteiger partial charge in [0.2, 0.25) is 0 Å². The topological polar surface area (TPSA) is 73.6 Å². The van der Waals surface area contributed by atoms with Crippen molar-refractivity contribution < 1.29 is 19.0 Å². The summed E-state index contributed by atoms with van der Waals surface area (Å²) < 4.78 is 27.0. The number of aryl methyl sites for hydroxylation is 1. The molecule has 4 aromatic rings. The highest BCUT2D eigenvalue weighted by Gasteiger charge is 2.23. The fourth-order valence-corrected chi connectivity index (χ4v) is 4.28. The van der Waals surface area contributed by atoms with E-state index in [1.54, 1.807) is 31.2 Å². The molecule has 0 aliphatic carbocycles. The predicted molar refractivity (Wildman–Crippen MR) is 132 cm³/mol. The Kier molecular flexibility index (Phi) is 5.76. The molecule has 0 amide bonds. The van der Waals surface area contributed by atoms with E-state index in [0.29, 0.717) is 53.1 Å². The maximum Gasteiger partial charge on any atom is 0.266 e. The van der Waals surface area contributed by atoms with E-state index >= 15 is 0 Å². The second-order valence-corrected chi connectivity index (χ2v) is 8.78. The van der Waals surface area contributed by atoms with Crippen molar-refractivity contribution in [3.63, 3.8) is 0 Å². The molecule has 35 heavy (non-hydrogen) atoms. The normalized spacial score (nSPS) is 12.7. The third-order valence-electron chi connectivity index (χ3n) is 6.14. The number of aromatic nitrogens is 2. The van der Waals surface area contributed by atoms with Gasteiger partial charge in [-0.1, -0.05) is 38.1 Å². The number of para-hydroxylation sites is 1. The molecule has 0 bridgehead atoms. The Bertz CT molecular complexity index is 1480. The van der Waals surface area contributed by atoms with Crippen LogP contribution in [0.3, 0.4) is 0 Å². The monoisotopic (exact) mass is 472 g/mol. The van der Waals surface area contributed by atoms with Crippen LogP contribution < -0.4 is 15.0 Å². The maximum absolute atomic E-state index is 14.3. The first-order chi connectivity index (χ1) is 16.8. The van der Waals surface area contributed by atoms with Gasteiger partial charge < -0.3 is 14.6 Å². The third-order valence-corrected chi connectivity index (χ3v) is 6.14. The summed E-state index contributed by atoms with van der Waals surface area (Å²) in [5.41, 5.74) is 2.92. The molecule has 1 aliphatic rings. The van der Waals surface area contributed by atoms with Crippen LogP contribution in [-0.4, -0.2) is 27.9 Å². The molecule has 178 valence electrons. The van der Waals surface area contributed by atoms with Crippen LogP contribution in [0, 0.1) is 12.7 Å². The van der Waals surface area contributed by atoms with Gasteiger partial charge >= 0.3 is 0 Å². The first kappa shape index (κ1) is 22.7. The first-order valence-electron chi connectivity index (χ1n) is 11.5. The van der Waals surface area contributed by atoms with Gasteiger partial charge in [-0.05, 0) is 60.4 Å². The number of fused-ring (bicyclic) bond motifs is 1. The summed E-state index contributed by atoms with van der Waals surface area (Å²) in [5.74, 6) is 0.314. The number of benzene rings is 3. The quantitative estimate of drug-likeness (QED) is 0.418. The van der Waals surface area contributed by atoms with Crippen molar-refractivity contribution in [1.82, 2.24) is 9.55 Å². The second kappa shape index (κ2) is 8.91. The van der Waals surface area contributed by atoms with Crippen LogP contribution in [0.15, 0.2) is 65.5 Å². The van der Waals surface area contributed by atoms with Crippen LogP contribution in [0.25, 0.3) is 28.2 Å². The van der Waals surface area contributed by atoms with Crippen molar-refractivity contribution in [3.05, 3.63) is 88.1 Å². The van der Waals surface area contributed by atoms with E-state index in [-0.39, 0.29) is 16.9 Å². The molecule has 2 heterocycles. The van der Waals surface area contributed by atoms with Crippen LogP contribution in [0.4, 0.5) is 4.39 Å². The highest BCUT2D eigenvalue weighted by molar-refractivity contribution is 5.73. The molecule has 0 saturated carbocycles. The standard InChI is InChI=1S/C28H25FN2O4/c1-16(2)18-7-10-20(11-8-18)31-27(21-5-4-6-22(29)26(21)32)30-17(3)25(28(31)33)19-9-12-23-24(15-19)35-14-13-34-23/h4-12,15-16,32H,13-14H2,1-3H3. The second-order valence-electron chi connectivity index (χ2n) is 8.78. The third kappa shape index (κ3) is 4.03. The molecule has 0 atom stereocenters. The Morgan fingerprint density at radius 3 is 2.43 bits per heavy atom. The van der Waals surface area contributed by atoms with Crippen molar-refractivity contribution in [1.29, 1.82) is 0 Å². The zero-order chi connectivity index (χ0) is 24.7. The largest absolute Gasteiger partial charge is 0.504 e. The molecule has 3 aromatic carbocycles. The Hall–Kier alpha value is -4.13. The number of hydrogen-bond acceptors (Lipinski definition) is 5. The molecule has 0 saturated heterocycles. The van der Waals surface area contributed by atoms with E-state index in [1.807, 2.05) is 24.3 Å². The lowest BCUT2D eigenvalue weighted by Crippen LogP contribution is -2.25. The number of halogens is 1. The number of rotatable bonds is 4. The summed E-state index contributed by atoms with van der Waals surface area (Å²) in [6.07, 6.45) is 0. The summed E-state index contributed by atoms with van der Waals surface area (Å²) in [7, 11) is 0. The van der Waals surface area contributed by atoms with Gasteiger partial charge in [-0.3, -0.25) is 9.36 Å². The van der Waals surface area contributed by atoms with Crippen LogP contribution in [0.2, 0.25) is 0 Å². The highest BCUT2D eigenvalue weighted by atomic mass is 19.1. The van der Waals surface area contributed by atoms with Crippen molar-refractivity contribution in [2.75, 3.05) is 13.2 Å². The lowest BCUT2D eigenvalue weighted by molar-refractivity contribution is 0.171. The number of hydrogen-bond donors (Lipinski definition) is 1. The molecule has 0 radical (unpaired) electrons. The van der Waals surface area contributed by atoms with Crippen LogP contribution in [0.5, 0.6) is 17.2 Å². The molecule has 1 N–H and O–H groups in total. The Balaban J connectivity index is 1.78. The number of phenols is 1. The Labute approximate surface area is 202 Å². The van der Waals surface area contributed by atoms with Crippen molar-refractivity contribution >= 4 is 0 Å². The van der Waals surface area contributed by atoms with Crippen LogP contribution in [0.1, 0.15) is 31.0 Å². The zero-order valence-electron chi connectivity index (χ0n) is 19.7. The predicted octanol–water partition coefficient (Wildman–Crippen LogP) is 5.61. The van der Waals surface area contributed by atoms with Gasteiger partial charge in [0.05, 0.1) is 22.5 Å². The molecule has 5 rings (SSSR count).